The number of carbonyl (C=O) groups is 1. The minimum absolute atomic E-state index is 0.303. The molecule has 20 heavy (non-hydrogen) atoms. The van der Waals surface area contributed by atoms with Crippen LogP contribution in [0.5, 0.6) is 0 Å². The Hall–Kier alpha value is -1.80. The third-order valence-electron chi connectivity index (χ3n) is 1.98. The molecule has 1 aromatic rings. The first-order valence-electron chi connectivity index (χ1n) is 5.93. The Bertz CT molecular complexity index is 401. The van der Waals surface area contributed by atoms with Gasteiger partial charge in [-0.3, -0.25) is 0 Å². The van der Waals surface area contributed by atoms with Gasteiger partial charge in [-0.1, -0.05) is 6.58 Å². The van der Waals surface area contributed by atoms with E-state index in [2.05, 4.69) is 11.7 Å². The largest absolute Gasteiger partial charge is 0.673 e. The fourth-order valence-electron chi connectivity index (χ4n) is 1.14. The van der Waals surface area contributed by atoms with E-state index in [1.54, 1.807) is 6.92 Å². The van der Waals surface area contributed by atoms with E-state index < -0.39 is 7.25 Å². The maximum Gasteiger partial charge on any atom is 0.673 e. The molecule has 1 rings (SSSR count). The normalized spacial score (nSPS) is 10.4. The van der Waals surface area contributed by atoms with E-state index in [0.717, 1.165) is 19.4 Å². The highest BCUT2D eigenvalue weighted by molar-refractivity contribution is 6.50. The lowest BCUT2D eigenvalue weighted by molar-refractivity contribution is -0.750. The summed E-state index contributed by atoms with van der Waals surface area (Å²) in [5.74, 6) is -0.303. The third-order valence-corrected chi connectivity index (χ3v) is 1.98. The quantitative estimate of drug-likeness (QED) is 0.219. The summed E-state index contributed by atoms with van der Waals surface area (Å²) in [5.41, 5.74) is 0.453. The first-order chi connectivity index (χ1) is 9.20. The maximum atomic E-state index is 11.0. The van der Waals surface area contributed by atoms with Gasteiger partial charge in [0.15, 0.2) is 12.7 Å². The summed E-state index contributed by atoms with van der Waals surface area (Å²) in [7, 11) is -6.00. The molecule has 0 atom stereocenters. The highest BCUT2D eigenvalue weighted by atomic mass is 19.5. The molecule has 0 aromatic carbocycles. The Morgan fingerprint density at radius 2 is 1.95 bits per heavy atom. The van der Waals surface area contributed by atoms with Crippen LogP contribution >= 0.6 is 0 Å². The number of aromatic nitrogens is 2. The number of nitrogens with one attached hydrogen (secondary N) is 1. The zero-order valence-corrected chi connectivity index (χ0v) is 11.1. The summed E-state index contributed by atoms with van der Waals surface area (Å²) in [6, 6.07) is 1.95. The molecule has 1 N–H and O–H groups in total. The molecule has 0 saturated carbocycles. The molecule has 4 nitrogen and oxygen atoms in total. The fraction of sp³-hybridized carbons (Fsp3) is 0.455. The van der Waals surface area contributed by atoms with Crippen molar-refractivity contribution in [3.63, 3.8) is 0 Å². The van der Waals surface area contributed by atoms with Crippen LogP contribution < -0.4 is 4.68 Å². The monoisotopic (exact) mass is 296 g/mol. The molecule has 0 amide bonds. The van der Waals surface area contributed by atoms with Crippen molar-refractivity contribution in [2.45, 2.75) is 26.3 Å². The molecule has 1 heterocycles. The Labute approximate surface area is 114 Å². The second kappa shape index (κ2) is 9.16. The SMILES string of the molecule is C=C(C)C(=O)OCCCC[n+]1ccc[nH]1.F[B-](F)(F)F. The summed E-state index contributed by atoms with van der Waals surface area (Å²) < 4.78 is 46.0. The lowest BCUT2D eigenvalue weighted by Gasteiger charge is -2.02. The van der Waals surface area contributed by atoms with Crippen molar-refractivity contribution < 1.29 is 31.5 Å². The molecule has 0 aliphatic rings. The van der Waals surface area contributed by atoms with E-state index in [1.165, 1.54) is 0 Å². The number of ether oxygens (including phenoxy) is 1. The van der Waals surface area contributed by atoms with Gasteiger partial charge in [0.25, 0.3) is 0 Å². The molecule has 0 bridgehead atoms. The number of nitrogens with zero attached hydrogens (tertiary/aromatic N) is 1. The Kier molecular flexibility index (Phi) is 8.34. The van der Waals surface area contributed by atoms with Crippen LogP contribution in [0.15, 0.2) is 30.6 Å². The molecular formula is C11H17BF4N2O2. The summed E-state index contributed by atoms with van der Waals surface area (Å²) >= 11 is 0. The summed E-state index contributed by atoms with van der Waals surface area (Å²) in [5, 5.41) is 3.05. The van der Waals surface area contributed by atoms with Crippen LogP contribution in [0.2, 0.25) is 0 Å². The van der Waals surface area contributed by atoms with E-state index in [4.69, 9.17) is 4.74 Å². The molecule has 0 unspecified atom stereocenters. The predicted octanol–water partition coefficient (Wildman–Crippen LogP) is 2.50. The fourth-order valence-corrected chi connectivity index (χ4v) is 1.14. The Morgan fingerprint density at radius 1 is 1.35 bits per heavy atom. The second-order valence-corrected chi connectivity index (χ2v) is 3.95. The Morgan fingerprint density at radius 3 is 2.40 bits per heavy atom. The van der Waals surface area contributed by atoms with E-state index in [-0.39, 0.29) is 5.97 Å². The number of hydrogen-bond acceptors (Lipinski definition) is 2. The zero-order chi connectivity index (χ0) is 15.6. The minimum Gasteiger partial charge on any atom is -0.462 e. The van der Waals surface area contributed by atoms with Crippen LogP contribution in [0.3, 0.4) is 0 Å². The average Bonchev–Trinajstić information content (AvgIpc) is 2.78. The van der Waals surface area contributed by atoms with Gasteiger partial charge >= 0.3 is 13.2 Å². The molecule has 0 saturated heterocycles. The molecule has 0 fully saturated rings. The minimum atomic E-state index is -6.00. The summed E-state index contributed by atoms with van der Waals surface area (Å²) in [4.78, 5) is 11.0. The van der Waals surface area contributed by atoms with Crippen LogP contribution in [0.4, 0.5) is 17.3 Å². The third kappa shape index (κ3) is 12.7. The highest BCUT2D eigenvalue weighted by Crippen LogP contribution is 2.06. The molecule has 1 aromatic heterocycles. The van der Waals surface area contributed by atoms with E-state index in [0.29, 0.717) is 12.2 Å². The van der Waals surface area contributed by atoms with Crippen molar-refractivity contribution in [1.29, 1.82) is 0 Å². The number of aryl methyl sites for hydroxylation is 1. The van der Waals surface area contributed by atoms with Crippen molar-refractivity contribution in [1.82, 2.24) is 5.10 Å². The van der Waals surface area contributed by atoms with Gasteiger partial charge in [-0.15, -0.1) is 4.68 Å². The first-order valence-corrected chi connectivity index (χ1v) is 5.93. The van der Waals surface area contributed by atoms with Crippen LogP contribution in [0, 0.1) is 0 Å². The van der Waals surface area contributed by atoms with Gasteiger partial charge in [0.05, 0.1) is 12.8 Å². The van der Waals surface area contributed by atoms with Gasteiger partial charge in [-0.25, -0.2) is 4.79 Å². The van der Waals surface area contributed by atoms with E-state index in [9.17, 15) is 22.1 Å². The molecule has 9 heteroatoms. The maximum absolute atomic E-state index is 11.0. The van der Waals surface area contributed by atoms with Gasteiger partial charge in [0, 0.05) is 18.1 Å². The topological polar surface area (TPSA) is 46.0 Å². The van der Waals surface area contributed by atoms with Crippen molar-refractivity contribution in [3.8, 4) is 0 Å². The standard InChI is InChI=1S/C11H16N2O2.BF4/c1-10(2)11(14)15-9-4-3-7-13-8-5-6-12-13;2-1(3,4)5/h5-6,8H,1,3-4,7,9H2,2H3;/q;-1/p+1. The number of unbranched alkanes of at least 4 members (excludes halogenated alkanes) is 1. The molecule has 0 aliphatic heterocycles. The first kappa shape index (κ1) is 18.2. The molecule has 114 valence electrons. The summed E-state index contributed by atoms with van der Waals surface area (Å²) in [6.45, 7) is 6.54. The predicted molar refractivity (Wildman–Crippen MR) is 66.2 cm³/mol. The van der Waals surface area contributed by atoms with Crippen molar-refractivity contribution in [3.05, 3.63) is 30.6 Å². The van der Waals surface area contributed by atoms with Crippen LogP contribution in [0.25, 0.3) is 0 Å². The van der Waals surface area contributed by atoms with Crippen molar-refractivity contribution in [2.75, 3.05) is 6.61 Å². The lowest BCUT2D eigenvalue weighted by atomic mass is 10.3. The average molecular weight is 296 g/mol. The number of rotatable bonds is 6. The highest BCUT2D eigenvalue weighted by Gasteiger charge is 2.20. The Balaban J connectivity index is 0.000000621. The number of hydrogen-bond donors (Lipinski definition) is 1. The number of esters is 1. The van der Waals surface area contributed by atoms with Gasteiger partial charge in [0.1, 0.15) is 0 Å². The number of aromatic amines is 1. The number of H-pyrrole nitrogens is 1. The summed E-state index contributed by atoms with van der Waals surface area (Å²) in [6.07, 6.45) is 5.70. The van der Waals surface area contributed by atoms with Gasteiger partial charge in [-0.05, 0) is 13.3 Å². The smallest absolute Gasteiger partial charge is 0.462 e. The number of halogens is 4. The molecule has 0 radical (unpaired) electrons. The molecule has 0 aliphatic carbocycles. The van der Waals surface area contributed by atoms with E-state index in [1.807, 2.05) is 23.1 Å². The van der Waals surface area contributed by atoms with Crippen LogP contribution in [-0.2, 0) is 16.1 Å². The van der Waals surface area contributed by atoms with Crippen molar-refractivity contribution >= 4 is 13.2 Å². The molecular weight excluding hydrogens is 279 g/mol. The van der Waals surface area contributed by atoms with Crippen molar-refractivity contribution in [2.24, 2.45) is 0 Å². The van der Waals surface area contributed by atoms with Gasteiger partial charge in [0.2, 0.25) is 0 Å². The van der Waals surface area contributed by atoms with Gasteiger partial charge < -0.3 is 22.0 Å². The van der Waals surface area contributed by atoms with Crippen LogP contribution in [-0.4, -0.2) is 24.9 Å². The zero-order valence-electron chi connectivity index (χ0n) is 11.1. The van der Waals surface area contributed by atoms with Gasteiger partial charge in [-0.2, -0.15) is 5.10 Å². The number of carbonyl (C=O) groups excluding carboxylic acids is 1. The lowest BCUT2D eigenvalue weighted by Crippen LogP contribution is -2.34. The second-order valence-electron chi connectivity index (χ2n) is 3.95. The van der Waals surface area contributed by atoms with E-state index >= 15 is 0 Å². The van der Waals surface area contributed by atoms with Crippen LogP contribution in [0.1, 0.15) is 19.8 Å². The molecule has 0 spiro atoms.